The molecule has 0 radical (unpaired) electrons. The number of carbonyl (C=O) groups excluding carboxylic acids is 1. The van der Waals surface area contributed by atoms with Gasteiger partial charge in [0.05, 0.1) is 22.8 Å². The van der Waals surface area contributed by atoms with Gasteiger partial charge < -0.3 is 13.7 Å². The van der Waals surface area contributed by atoms with Gasteiger partial charge in [0.15, 0.2) is 0 Å². The van der Waals surface area contributed by atoms with Crippen molar-refractivity contribution in [3.05, 3.63) is 58.3 Å². The zero-order valence-electron chi connectivity index (χ0n) is 14.8. The van der Waals surface area contributed by atoms with Gasteiger partial charge in [0.25, 0.3) is 0 Å². The Kier molecular flexibility index (Phi) is 4.07. The number of aromatic nitrogens is 3. The minimum absolute atomic E-state index is 0.362. The minimum atomic E-state index is -0.362. The summed E-state index contributed by atoms with van der Waals surface area (Å²) in [5.41, 5.74) is 5.36. The van der Waals surface area contributed by atoms with Crippen molar-refractivity contribution in [2.24, 2.45) is 0 Å². The van der Waals surface area contributed by atoms with E-state index in [0.29, 0.717) is 5.56 Å². The molecule has 0 amide bonds. The third kappa shape index (κ3) is 2.36. The number of benzene rings is 1. The predicted molar refractivity (Wildman–Crippen MR) is 106 cm³/mol. The number of esters is 1. The highest BCUT2D eigenvalue weighted by Gasteiger charge is 2.21. The summed E-state index contributed by atoms with van der Waals surface area (Å²) in [4.78, 5) is 16.6. The van der Waals surface area contributed by atoms with Gasteiger partial charge in [-0.25, -0.2) is 9.78 Å². The van der Waals surface area contributed by atoms with Crippen LogP contribution in [0.25, 0.3) is 27.9 Å². The number of aryl methyl sites for hydroxylation is 2. The number of rotatable bonds is 3. The molecular formula is C20H18BrN3O2. The minimum Gasteiger partial charge on any atom is -0.465 e. The fourth-order valence-corrected chi connectivity index (χ4v) is 4.19. The third-order valence-electron chi connectivity index (χ3n) is 4.74. The first-order valence-electron chi connectivity index (χ1n) is 8.41. The highest BCUT2D eigenvalue weighted by molar-refractivity contribution is 9.10. The van der Waals surface area contributed by atoms with Crippen molar-refractivity contribution in [2.75, 3.05) is 7.11 Å². The van der Waals surface area contributed by atoms with E-state index in [0.717, 1.165) is 39.1 Å². The summed E-state index contributed by atoms with van der Waals surface area (Å²) in [5.74, 6) is -0.362. The predicted octanol–water partition coefficient (Wildman–Crippen LogP) is 4.83. The van der Waals surface area contributed by atoms with Gasteiger partial charge in [0.2, 0.25) is 0 Å². The van der Waals surface area contributed by atoms with E-state index < -0.39 is 0 Å². The number of nitrogens with zero attached hydrogens (tertiary/aromatic N) is 3. The standard InChI is InChI=1S/C20H18BrN3O2/c1-4-23-15-8-6-5-7-14(15)17(21)19(23)18-12(2)24-10-9-13(20(25)26-3)11-16(24)22-18/h5-11H,4H2,1-3H3. The summed E-state index contributed by atoms with van der Waals surface area (Å²) in [6.07, 6.45) is 1.86. The number of halogens is 1. The fraction of sp³-hybridized carbons (Fsp3) is 0.200. The zero-order valence-corrected chi connectivity index (χ0v) is 16.4. The molecule has 132 valence electrons. The lowest BCUT2D eigenvalue weighted by Crippen LogP contribution is -2.02. The van der Waals surface area contributed by atoms with Crippen molar-refractivity contribution in [1.82, 2.24) is 14.0 Å². The van der Waals surface area contributed by atoms with Crippen molar-refractivity contribution in [3.8, 4) is 11.4 Å². The zero-order chi connectivity index (χ0) is 18.4. The van der Waals surface area contributed by atoms with Crippen LogP contribution in [-0.4, -0.2) is 27.0 Å². The first-order valence-corrected chi connectivity index (χ1v) is 9.20. The number of hydrogen-bond donors (Lipinski definition) is 0. The fourth-order valence-electron chi connectivity index (χ4n) is 3.46. The Hall–Kier alpha value is -2.60. The number of carbonyl (C=O) groups is 1. The Bertz CT molecular complexity index is 1160. The highest BCUT2D eigenvalue weighted by Crippen LogP contribution is 2.38. The van der Waals surface area contributed by atoms with E-state index in [4.69, 9.17) is 9.72 Å². The lowest BCUT2D eigenvalue weighted by molar-refractivity contribution is 0.0600. The second-order valence-corrected chi connectivity index (χ2v) is 6.90. The molecule has 0 aliphatic carbocycles. The molecule has 0 atom stereocenters. The van der Waals surface area contributed by atoms with E-state index in [1.54, 1.807) is 12.1 Å². The summed E-state index contributed by atoms with van der Waals surface area (Å²) < 4.78 is 10.1. The van der Waals surface area contributed by atoms with Gasteiger partial charge in [0, 0.05) is 29.3 Å². The van der Waals surface area contributed by atoms with Crippen LogP contribution in [0.3, 0.4) is 0 Å². The lowest BCUT2D eigenvalue weighted by atomic mass is 10.2. The number of hydrogen-bond acceptors (Lipinski definition) is 3. The van der Waals surface area contributed by atoms with Crippen LogP contribution in [0, 0.1) is 6.92 Å². The number of ether oxygens (including phenoxy) is 1. The molecule has 5 nitrogen and oxygen atoms in total. The first-order chi connectivity index (χ1) is 12.6. The second-order valence-electron chi connectivity index (χ2n) is 6.11. The van der Waals surface area contributed by atoms with Crippen LogP contribution >= 0.6 is 15.9 Å². The summed E-state index contributed by atoms with van der Waals surface area (Å²) in [5, 5.41) is 1.16. The number of para-hydroxylation sites is 1. The van der Waals surface area contributed by atoms with Gasteiger partial charge in [-0.05, 0) is 48.0 Å². The van der Waals surface area contributed by atoms with Crippen molar-refractivity contribution < 1.29 is 9.53 Å². The van der Waals surface area contributed by atoms with E-state index in [9.17, 15) is 4.79 Å². The number of methoxy groups -OCH3 is 1. The van der Waals surface area contributed by atoms with Gasteiger partial charge in [-0.1, -0.05) is 18.2 Å². The van der Waals surface area contributed by atoms with Crippen molar-refractivity contribution in [1.29, 1.82) is 0 Å². The molecule has 0 aliphatic rings. The van der Waals surface area contributed by atoms with Crippen molar-refractivity contribution in [2.45, 2.75) is 20.4 Å². The first kappa shape index (κ1) is 16.8. The maximum absolute atomic E-state index is 11.8. The van der Waals surface area contributed by atoms with Gasteiger partial charge in [0.1, 0.15) is 11.3 Å². The molecule has 4 rings (SSSR count). The van der Waals surface area contributed by atoms with Crippen LogP contribution in [0.15, 0.2) is 47.1 Å². The summed E-state index contributed by atoms with van der Waals surface area (Å²) in [7, 11) is 1.38. The van der Waals surface area contributed by atoms with Gasteiger partial charge >= 0.3 is 5.97 Å². The smallest absolute Gasteiger partial charge is 0.338 e. The third-order valence-corrected chi connectivity index (χ3v) is 5.54. The van der Waals surface area contributed by atoms with Crippen LogP contribution in [0.4, 0.5) is 0 Å². The molecule has 0 aliphatic heterocycles. The SMILES string of the molecule is CCn1c(-c2nc3cc(C(=O)OC)ccn3c2C)c(Br)c2ccccc21. The largest absolute Gasteiger partial charge is 0.465 e. The highest BCUT2D eigenvalue weighted by atomic mass is 79.9. The van der Waals surface area contributed by atoms with E-state index in [2.05, 4.69) is 39.6 Å². The van der Waals surface area contributed by atoms with Crippen molar-refractivity contribution >= 4 is 38.4 Å². The Morgan fingerprint density at radius 1 is 1.27 bits per heavy atom. The van der Waals surface area contributed by atoms with Crippen LogP contribution in [0.5, 0.6) is 0 Å². The molecule has 3 aromatic heterocycles. The number of imidazole rings is 1. The molecule has 4 aromatic rings. The van der Waals surface area contributed by atoms with Crippen molar-refractivity contribution in [3.63, 3.8) is 0 Å². The quantitative estimate of drug-likeness (QED) is 0.453. The Morgan fingerprint density at radius 2 is 2.04 bits per heavy atom. The van der Waals surface area contributed by atoms with E-state index in [1.807, 2.05) is 29.7 Å². The summed E-state index contributed by atoms with van der Waals surface area (Å²) in [6, 6.07) is 11.8. The van der Waals surface area contributed by atoms with E-state index in [-0.39, 0.29) is 5.97 Å². The second kappa shape index (κ2) is 6.29. The summed E-state index contributed by atoms with van der Waals surface area (Å²) >= 11 is 3.78. The molecule has 0 fully saturated rings. The maximum Gasteiger partial charge on any atom is 0.338 e. The molecule has 3 heterocycles. The molecule has 0 N–H and O–H groups in total. The Balaban J connectivity index is 2.00. The molecule has 1 aromatic carbocycles. The molecule has 0 saturated carbocycles. The Morgan fingerprint density at radius 3 is 2.77 bits per heavy atom. The molecule has 0 spiro atoms. The molecule has 0 unspecified atom stereocenters. The van der Waals surface area contributed by atoms with E-state index in [1.165, 1.54) is 12.6 Å². The monoisotopic (exact) mass is 411 g/mol. The number of fused-ring (bicyclic) bond motifs is 2. The van der Waals surface area contributed by atoms with Crippen LogP contribution in [-0.2, 0) is 11.3 Å². The molecule has 0 bridgehead atoms. The number of pyridine rings is 1. The van der Waals surface area contributed by atoms with Gasteiger partial charge in [-0.2, -0.15) is 0 Å². The van der Waals surface area contributed by atoms with Crippen LogP contribution in [0.1, 0.15) is 23.0 Å². The van der Waals surface area contributed by atoms with Crippen LogP contribution < -0.4 is 0 Å². The average Bonchev–Trinajstić information content (AvgIpc) is 3.15. The molecule has 6 heteroatoms. The van der Waals surface area contributed by atoms with Gasteiger partial charge in [-0.3, -0.25) is 0 Å². The topological polar surface area (TPSA) is 48.5 Å². The molecular weight excluding hydrogens is 394 g/mol. The molecule has 0 saturated heterocycles. The Labute approximate surface area is 159 Å². The van der Waals surface area contributed by atoms with E-state index >= 15 is 0 Å². The van der Waals surface area contributed by atoms with Gasteiger partial charge in [-0.15, -0.1) is 0 Å². The average molecular weight is 412 g/mol. The van der Waals surface area contributed by atoms with Crippen LogP contribution in [0.2, 0.25) is 0 Å². The maximum atomic E-state index is 11.8. The summed E-state index contributed by atoms with van der Waals surface area (Å²) in [6.45, 7) is 5.00. The lowest BCUT2D eigenvalue weighted by Gasteiger charge is -2.07. The molecule has 26 heavy (non-hydrogen) atoms. The normalized spacial score (nSPS) is 11.4.